The zero-order valence-corrected chi connectivity index (χ0v) is 16.2. The van der Waals surface area contributed by atoms with Gasteiger partial charge in [0.05, 0.1) is 33.8 Å². The van der Waals surface area contributed by atoms with Gasteiger partial charge in [0, 0.05) is 5.02 Å². The second-order valence-electron chi connectivity index (χ2n) is 5.79. The van der Waals surface area contributed by atoms with Crippen molar-refractivity contribution in [1.82, 2.24) is 5.32 Å². The van der Waals surface area contributed by atoms with Crippen molar-refractivity contribution in [3.8, 4) is 17.2 Å². The Balaban J connectivity index is 2.14. The SMILES string of the molecule is CCC(NC(=O)Cc1cc(OC)c(OC)c(OC)c1)c1ccc(Cl)cc1. The third-order valence-electron chi connectivity index (χ3n) is 4.11. The summed E-state index contributed by atoms with van der Waals surface area (Å²) in [6, 6.07) is 11.0. The van der Waals surface area contributed by atoms with E-state index in [4.69, 9.17) is 25.8 Å². The van der Waals surface area contributed by atoms with Gasteiger partial charge in [-0.15, -0.1) is 0 Å². The lowest BCUT2D eigenvalue weighted by Crippen LogP contribution is -2.29. The Morgan fingerprint density at radius 3 is 2.08 bits per heavy atom. The number of carbonyl (C=O) groups is 1. The van der Waals surface area contributed by atoms with E-state index < -0.39 is 0 Å². The van der Waals surface area contributed by atoms with Crippen molar-refractivity contribution in [2.45, 2.75) is 25.8 Å². The van der Waals surface area contributed by atoms with Gasteiger partial charge in [-0.1, -0.05) is 30.7 Å². The van der Waals surface area contributed by atoms with Gasteiger partial charge in [-0.3, -0.25) is 4.79 Å². The van der Waals surface area contributed by atoms with E-state index in [1.54, 1.807) is 33.5 Å². The molecule has 0 spiro atoms. The summed E-state index contributed by atoms with van der Waals surface area (Å²) in [7, 11) is 4.65. The summed E-state index contributed by atoms with van der Waals surface area (Å²) in [5.41, 5.74) is 1.80. The highest BCUT2D eigenvalue weighted by molar-refractivity contribution is 6.30. The van der Waals surface area contributed by atoms with E-state index in [0.717, 1.165) is 17.5 Å². The minimum Gasteiger partial charge on any atom is -0.493 e. The maximum Gasteiger partial charge on any atom is 0.224 e. The second kappa shape index (κ2) is 9.34. The molecule has 6 heteroatoms. The number of hydrogen-bond acceptors (Lipinski definition) is 4. The minimum absolute atomic E-state index is 0.0678. The lowest BCUT2D eigenvalue weighted by atomic mass is 10.0. The number of hydrogen-bond donors (Lipinski definition) is 1. The molecule has 1 N–H and O–H groups in total. The third kappa shape index (κ3) is 4.82. The molecule has 2 rings (SSSR count). The first-order valence-corrected chi connectivity index (χ1v) is 8.73. The predicted molar refractivity (Wildman–Crippen MR) is 102 cm³/mol. The average molecular weight is 378 g/mol. The number of benzene rings is 2. The monoisotopic (exact) mass is 377 g/mol. The molecule has 1 atom stereocenters. The van der Waals surface area contributed by atoms with Crippen LogP contribution in [0, 0.1) is 0 Å². The number of rotatable bonds is 8. The Morgan fingerprint density at radius 2 is 1.62 bits per heavy atom. The van der Waals surface area contributed by atoms with Crippen LogP contribution in [0.4, 0.5) is 0 Å². The van der Waals surface area contributed by atoms with Crippen LogP contribution in [0.15, 0.2) is 36.4 Å². The maximum atomic E-state index is 12.5. The quantitative estimate of drug-likeness (QED) is 0.749. The number of amides is 1. The van der Waals surface area contributed by atoms with E-state index in [2.05, 4.69) is 5.32 Å². The normalized spacial score (nSPS) is 11.6. The first-order valence-electron chi connectivity index (χ1n) is 8.36. The molecule has 5 nitrogen and oxygen atoms in total. The zero-order chi connectivity index (χ0) is 19.1. The fourth-order valence-corrected chi connectivity index (χ4v) is 2.91. The maximum absolute atomic E-state index is 12.5. The molecule has 0 aromatic heterocycles. The largest absolute Gasteiger partial charge is 0.493 e. The summed E-state index contributed by atoms with van der Waals surface area (Å²) in [6.45, 7) is 2.03. The van der Waals surface area contributed by atoms with Crippen LogP contribution in [0.3, 0.4) is 0 Å². The highest BCUT2D eigenvalue weighted by Crippen LogP contribution is 2.38. The van der Waals surface area contributed by atoms with Gasteiger partial charge in [-0.2, -0.15) is 0 Å². The molecule has 2 aromatic rings. The number of ether oxygens (including phenoxy) is 3. The van der Waals surface area contributed by atoms with Crippen molar-refractivity contribution < 1.29 is 19.0 Å². The van der Waals surface area contributed by atoms with Crippen LogP contribution in [0.25, 0.3) is 0 Å². The molecule has 1 unspecified atom stereocenters. The molecule has 0 radical (unpaired) electrons. The van der Waals surface area contributed by atoms with E-state index >= 15 is 0 Å². The average Bonchev–Trinajstić information content (AvgIpc) is 2.65. The van der Waals surface area contributed by atoms with Crippen LogP contribution in [-0.2, 0) is 11.2 Å². The Morgan fingerprint density at radius 1 is 1.04 bits per heavy atom. The summed E-state index contributed by atoms with van der Waals surface area (Å²) >= 11 is 5.93. The molecule has 0 aliphatic rings. The topological polar surface area (TPSA) is 56.8 Å². The van der Waals surface area contributed by atoms with E-state index in [1.165, 1.54) is 0 Å². The summed E-state index contributed by atoms with van der Waals surface area (Å²) in [4.78, 5) is 12.5. The second-order valence-corrected chi connectivity index (χ2v) is 6.23. The van der Waals surface area contributed by atoms with Crippen LogP contribution in [0.1, 0.15) is 30.5 Å². The van der Waals surface area contributed by atoms with Crippen molar-refractivity contribution in [3.05, 3.63) is 52.5 Å². The fraction of sp³-hybridized carbons (Fsp3) is 0.350. The highest BCUT2D eigenvalue weighted by atomic mass is 35.5. The molecular formula is C20H24ClNO4. The Hall–Kier alpha value is -2.40. The lowest BCUT2D eigenvalue weighted by molar-refractivity contribution is -0.121. The Kier molecular flexibility index (Phi) is 7.16. The molecule has 0 saturated carbocycles. The molecular weight excluding hydrogens is 354 g/mol. The number of nitrogens with one attached hydrogen (secondary N) is 1. The van der Waals surface area contributed by atoms with Crippen molar-refractivity contribution in [1.29, 1.82) is 0 Å². The van der Waals surface area contributed by atoms with Crippen LogP contribution in [-0.4, -0.2) is 27.2 Å². The van der Waals surface area contributed by atoms with Gasteiger partial charge >= 0.3 is 0 Å². The Bertz CT molecular complexity index is 721. The number of methoxy groups -OCH3 is 3. The van der Waals surface area contributed by atoms with Gasteiger partial charge in [-0.05, 0) is 41.8 Å². The van der Waals surface area contributed by atoms with Crippen molar-refractivity contribution in [2.75, 3.05) is 21.3 Å². The molecule has 26 heavy (non-hydrogen) atoms. The summed E-state index contributed by atoms with van der Waals surface area (Å²) in [5.74, 6) is 1.48. The van der Waals surface area contributed by atoms with Crippen LogP contribution in [0.5, 0.6) is 17.2 Å². The van der Waals surface area contributed by atoms with Gasteiger partial charge < -0.3 is 19.5 Å². The van der Waals surface area contributed by atoms with E-state index in [-0.39, 0.29) is 18.4 Å². The standard InChI is InChI=1S/C20H24ClNO4/c1-5-16(14-6-8-15(21)9-7-14)22-19(23)12-13-10-17(24-2)20(26-4)18(11-13)25-3/h6-11,16H,5,12H2,1-4H3,(H,22,23). The van der Waals surface area contributed by atoms with Gasteiger partial charge in [0.25, 0.3) is 0 Å². The predicted octanol–water partition coefficient (Wildman–Crippen LogP) is 4.18. The Labute approximate surface area is 159 Å². The fourth-order valence-electron chi connectivity index (χ4n) is 2.78. The lowest BCUT2D eigenvalue weighted by Gasteiger charge is -2.18. The van der Waals surface area contributed by atoms with Gasteiger partial charge in [0.2, 0.25) is 11.7 Å². The molecule has 0 saturated heterocycles. The summed E-state index contributed by atoms with van der Waals surface area (Å²) in [5, 5.41) is 3.73. The molecule has 2 aromatic carbocycles. The molecule has 0 aliphatic heterocycles. The van der Waals surface area contributed by atoms with E-state index in [9.17, 15) is 4.79 Å². The van der Waals surface area contributed by atoms with E-state index in [1.807, 2.05) is 31.2 Å². The summed E-state index contributed by atoms with van der Waals surface area (Å²) in [6.07, 6.45) is 0.990. The van der Waals surface area contributed by atoms with Gasteiger partial charge in [0.1, 0.15) is 0 Å². The first kappa shape index (κ1) is 19.9. The molecule has 0 heterocycles. The number of carbonyl (C=O) groups excluding carboxylic acids is 1. The van der Waals surface area contributed by atoms with E-state index in [0.29, 0.717) is 22.3 Å². The van der Waals surface area contributed by atoms with Gasteiger partial charge in [0.15, 0.2) is 11.5 Å². The smallest absolute Gasteiger partial charge is 0.224 e. The van der Waals surface area contributed by atoms with Crippen LogP contribution >= 0.6 is 11.6 Å². The minimum atomic E-state index is -0.0823. The van der Waals surface area contributed by atoms with Gasteiger partial charge in [-0.25, -0.2) is 0 Å². The highest BCUT2D eigenvalue weighted by Gasteiger charge is 2.17. The van der Waals surface area contributed by atoms with Crippen molar-refractivity contribution in [3.63, 3.8) is 0 Å². The number of halogens is 1. The molecule has 140 valence electrons. The third-order valence-corrected chi connectivity index (χ3v) is 4.36. The zero-order valence-electron chi connectivity index (χ0n) is 15.5. The molecule has 0 bridgehead atoms. The van der Waals surface area contributed by atoms with Crippen LogP contribution in [0.2, 0.25) is 5.02 Å². The first-order chi connectivity index (χ1) is 12.5. The molecule has 0 fully saturated rings. The summed E-state index contributed by atoms with van der Waals surface area (Å²) < 4.78 is 16.0. The van der Waals surface area contributed by atoms with Crippen molar-refractivity contribution in [2.24, 2.45) is 0 Å². The molecule has 0 aliphatic carbocycles. The van der Waals surface area contributed by atoms with Crippen LogP contribution < -0.4 is 19.5 Å². The molecule has 1 amide bonds. The van der Waals surface area contributed by atoms with Crippen molar-refractivity contribution >= 4 is 17.5 Å².